The Kier molecular flexibility index (Phi) is 5.61. The second-order valence-corrected chi connectivity index (χ2v) is 5.79. The number of nitrogens with one attached hydrogen (secondary N) is 2. The highest BCUT2D eigenvalue weighted by atomic mass is 16.2. The van der Waals surface area contributed by atoms with Gasteiger partial charge in [-0.25, -0.2) is 4.99 Å². The van der Waals surface area contributed by atoms with Gasteiger partial charge in [0.2, 0.25) is 5.91 Å². The Balaban J connectivity index is 1.59. The lowest BCUT2D eigenvalue weighted by atomic mass is 10.2. The molecule has 1 aliphatic heterocycles. The van der Waals surface area contributed by atoms with E-state index in [1.54, 1.807) is 6.20 Å². The van der Waals surface area contributed by atoms with Gasteiger partial charge < -0.3 is 15.5 Å². The van der Waals surface area contributed by atoms with Crippen LogP contribution >= 0.6 is 0 Å². The minimum Gasteiger partial charge on any atom is -0.357 e. The lowest BCUT2D eigenvalue weighted by Crippen LogP contribution is -2.44. The molecule has 3 rings (SSSR count). The number of nitrogens with zero attached hydrogens (tertiary/aromatic N) is 3. The van der Waals surface area contributed by atoms with Crippen LogP contribution in [0.1, 0.15) is 18.2 Å². The highest BCUT2D eigenvalue weighted by Gasteiger charge is 2.23. The smallest absolute Gasteiger partial charge is 0.246 e. The number of anilines is 1. The number of fused-ring (bicyclic) bond motifs is 1. The number of benzene rings is 1. The summed E-state index contributed by atoms with van der Waals surface area (Å²) in [5.41, 5.74) is 3.14. The van der Waals surface area contributed by atoms with Crippen LogP contribution in [0.3, 0.4) is 0 Å². The number of carbonyl (C=O) groups is 1. The molecular weight excluding hydrogens is 314 g/mol. The number of hydrogen-bond acceptors (Lipinski definition) is 3. The molecule has 2 heterocycles. The molecule has 1 aliphatic rings. The van der Waals surface area contributed by atoms with E-state index in [4.69, 9.17) is 0 Å². The van der Waals surface area contributed by atoms with Crippen molar-refractivity contribution in [2.75, 3.05) is 24.5 Å². The fourth-order valence-corrected chi connectivity index (χ4v) is 2.85. The van der Waals surface area contributed by atoms with E-state index < -0.39 is 0 Å². The number of rotatable bonds is 5. The minimum absolute atomic E-state index is 0.0494. The summed E-state index contributed by atoms with van der Waals surface area (Å²) in [6.07, 6.45) is 2.66. The summed E-state index contributed by atoms with van der Waals surface area (Å²) in [6.45, 7) is 4.14. The lowest BCUT2D eigenvalue weighted by molar-refractivity contribution is -0.117. The molecule has 1 amide bonds. The summed E-state index contributed by atoms with van der Waals surface area (Å²) in [6, 6.07) is 13.8. The van der Waals surface area contributed by atoms with Gasteiger partial charge in [0, 0.05) is 25.0 Å². The molecule has 1 aromatic carbocycles. The van der Waals surface area contributed by atoms with Gasteiger partial charge in [-0.1, -0.05) is 24.3 Å². The van der Waals surface area contributed by atoms with E-state index in [2.05, 4.69) is 26.7 Å². The highest BCUT2D eigenvalue weighted by Crippen LogP contribution is 2.27. The molecule has 2 aromatic rings. The van der Waals surface area contributed by atoms with Crippen LogP contribution < -0.4 is 15.5 Å². The van der Waals surface area contributed by atoms with E-state index in [1.807, 2.05) is 48.2 Å². The number of carbonyl (C=O) groups excluding carboxylic acids is 1. The van der Waals surface area contributed by atoms with Gasteiger partial charge in [-0.15, -0.1) is 0 Å². The van der Waals surface area contributed by atoms with Gasteiger partial charge >= 0.3 is 0 Å². The number of amides is 1. The first-order chi connectivity index (χ1) is 12.3. The van der Waals surface area contributed by atoms with Crippen molar-refractivity contribution in [2.24, 2.45) is 4.99 Å². The van der Waals surface area contributed by atoms with Gasteiger partial charge in [-0.3, -0.25) is 9.78 Å². The summed E-state index contributed by atoms with van der Waals surface area (Å²) in [5, 5.41) is 6.28. The van der Waals surface area contributed by atoms with E-state index in [9.17, 15) is 4.79 Å². The SMILES string of the molecule is CCNC(=NCc1ccccn1)NCC(=O)N1CCc2ccccc21. The Bertz CT molecular complexity index is 744. The third kappa shape index (κ3) is 4.35. The van der Waals surface area contributed by atoms with Crippen molar-refractivity contribution in [2.45, 2.75) is 19.9 Å². The lowest BCUT2D eigenvalue weighted by Gasteiger charge is -2.18. The maximum atomic E-state index is 12.6. The molecule has 0 aliphatic carbocycles. The zero-order valence-electron chi connectivity index (χ0n) is 14.4. The number of hydrogen-bond donors (Lipinski definition) is 2. The van der Waals surface area contributed by atoms with Crippen molar-refractivity contribution in [3.8, 4) is 0 Å². The second kappa shape index (κ2) is 8.28. The third-order valence-electron chi connectivity index (χ3n) is 4.06. The molecule has 0 bridgehead atoms. The Hall–Kier alpha value is -2.89. The molecule has 0 saturated carbocycles. The van der Waals surface area contributed by atoms with E-state index in [0.717, 1.165) is 30.9 Å². The van der Waals surface area contributed by atoms with E-state index >= 15 is 0 Å². The maximum absolute atomic E-state index is 12.6. The summed E-state index contributed by atoms with van der Waals surface area (Å²) in [4.78, 5) is 23.1. The normalized spacial score (nSPS) is 13.5. The van der Waals surface area contributed by atoms with Crippen LogP contribution in [-0.4, -0.2) is 36.5 Å². The van der Waals surface area contributed by atoms with Crippen LogP contribution in [0.5, 0.6) is 0 Å². The molecule has 2 N–H and O–H groups in total. The number of aliphatic imine (C=N–C) groups is 1. The molecule has 0 radical (unpaired) electrons. The number of pyridine rings is 1. The molecule has 0 saturated heterocycles. The quantitative estimate of drug-likeness (QED) is 0.644. The van der Waals surface area contributed by atoms with Crippen LogP contribution in [0.15, 0.2) is 53.7 Å². The summed E-state index contributed by atoms with van der Waals surface area (Å²) >= 11 is 0. The van der Waals surface area contributed by atoms with E-state index in [-0.39, 0.29) is 12.5 Å². The van der Waals surface area contributed by atoms with Crippen molar-refractivity contribution in [3.63, 3.8) is 0 Å². The summed E-state index contributed by atoms with van der Waals surface area (Å²) in [7, 11) is 0. The molecule has 0 atom stereocenters. The first-order valence-electron chi connectivity index (χ1n) is 8.58. The Morgan fingerprint density at radius 2 is 2.04 bits per heavy atom. The van der Waals surface area contributed by atoms with Crippen LogP contribution in [0.25, 0.3) is 0 Å². The zero-order valence-corrected chi connectivity index (χ0v) is 14.4. The molecule has 130 valence electrons. The van der Waals surface area contributed by atoms with Crippen LogP contribution in [-0.2, 0) is 17.8 Å². The fourth-order valence-electron chi connectivity index (χ4n) is 2.85. The molecule has 0 fully saturated rings. The number of aromatic nitrogens is 1. The van der Waals surface area contributed by atoms with Gasteiger partial charge in [-0.05, 0) is 37.1 Å². The van der Waals surface area contributed by atoms with Crippen molar-refractivity contribution in [1.82, 2.24) is 15.6 Å². The second-order valence-electron chi connectivity index (χ2n) is 5.79. The monoisotopic (exact) mass is 337 g/mol. The average Bonchev–Trinajstić information content (AvgIpc) is 3.09. The summed E-state index contributed by atoms with van der Waals surface area (Å²) < 4.78 is 0. The van der Waals surface area contributed by atoms with Gasteiger partial charge in [0.1, 0.15) is 0 Å². The van der Waals surface area contributed by atoms with Gasteiger partial charge in [-0.2, -0.15) is 0 Å². The third-order valence-corrected chi connectivity index (χ3v) is 4.06. The minimum atomic E-state index is 0.0494. The van der Waals surface area contributed by atoms with Crippen LogP contribution in [0.4, 0.5) is 5.69 Å². The Labute approximate surface area is 148 Å². The molecule has 6 nitrogen and oxygen atoms in total. The Morgan fingerprint density at radius 1 is 1.20 bits per heavy atom. The molecule has 6 heteroatoms. The van der Waals surface area contributed by atoms with Crippen molar-refractivity contribution >= 4 is 17.6 Å². The molecule has 1 aromatic heterocycles. The first kappa shape index (κ1) is 17.0. The highest BCUT2D eigenvalue weighted by molar-refractivity contribution is 5.98. The maximum Gasteiger partial charge on any atom is 0.246 e. The van der Waals surface area contributed by atoms with E-state index in [1.165, 1.54) is 5.56 Å². The van der Waals surface area contributed by atoms with Gasteiger partial charge in [0.25, 0.3) is 0 Å². The summed E-state index contributed by atoms with van der Waals surface area (Å²) in [5.74, 6) is 0.669. The molecule has 0 spiro atoms. The van der Waals surface area contributed by atoms with Crippen molar-refractivity contribution < 1.29 is 4.79 Å². The van der Waals surface area contributed by atoms with Crippen LogP contribution in [0.2, 0.25) is 0 Å². The van der Waals surface area contributed by atoms with Crippen LogP contribution in [0, 0.1) is 0 Å². The number of guanidine groups is 1. The standard InChI is InChI=1S/C19H23N5O/c1-2-20-19(22-13-16-8-5-6-11-21-16)23-14-18(25)24-12-10-15-7-3-4-9-17(15)24/h3-9,11H,2,10,12-14H2,1H3,(H2,20,22,23). The molecule has 25 heavy (non-hydrogen) atoms. The molecule has 0 unspecified atom stereocenters. The zero-order chi connectivity index (χ0) is 17.5. The molecular formula is C19H23N5O. The first-order valence-corrected chi connectivity index (χ1v) is 8.58. The predicted molar refractivity (Wildman–Crippen MR) is 99.6 cm³/mol. The van der Waals surface area contributed by atoms with Gasteiger partial charge in [0.15, 0.2) is 5.96 Å². The van der Waals surface area contributed by atoms with Crippen molar-refractivity contribution in [1.29, 1.82) is 0 Å². The number of para-hydroxylation sites is 1. The predicted octanol–water partition coefficient (Wildman–Crippen LogP) is 1.73. The van der Waals surface area contributed by atoms with E-state index in [0.29, 0.717) is 12.5 Å². The largest absolute Gasteiger partial charge is 0.357 e. The topological polar surface area (TPSA) is 69.6 Å². The fraction of sp³-hybridized carbons (Fsp3) is 0.316. The Morgan fingerprint density at radius 3 is 2.84 bits per heavy atom. The average molecular weight is 337 g/mol. The van der Waals surface area contributed by atoms with Gasteiger partial charge in [0.05, 0.1) is 18.8 Å². The van der Waals surface area contributed by atoms with Crippen molar-refractivity contribution in [3.05, 3.63) is 59.9 Å².